The Hall–Kier alpha value is -3.41. The molecule has 0 amide bonds. The molecule has 0 bridgehead atoms. The molecule has 0 aliphatic heterocycles. The van der Waals surface area contributed by atoms with Crippen molar-refractivity contribution in [3.8, 4) is 0 Å². The molecule has 0 radical (unpaired) electrons. The molecule has 1 unspecified atom stereocenters. The van der Waals surface area contributed by atoms with Gasteiger partial charge < -0.3 is 14.2 Å². The predicted octanol–water partition coefficient (Wildman–Crippen LogP) is 24.2. The zero-order valence-electron chi connectivity index (χ0n) is 53.8. The van der Waals surface area contributed by atoms with E-state index in [9.17, 15) is 14.4 Å². The number of unbranched alkanes of at least 4 members (excludes halogenated alkanes) is 39. The molecule has 6 nitrogen and oxygen atoms in total. The van der Waals surface area contributed by atoms with Crippen LogP contribution in [0.4, 0.5) is 0 Å². The molecule has 0 heterocycles. The van der Waals surface area contributed by atoms with Gasteiger partial charge in [0, 0.05) is 19.3 Å². The van der Waals surface area contributed by atoms with Crippen LogP contribution >= 0.6 is 0 Å². The summed E-state index contributed by atoms with van der Waals surface area (Å²) >= 11 is 0. The average molecular weight is 1130 g/mol. The highest BCUT2D eigenvalue weighted by atomic mass is 16.6. The van der Waals surface area contributed by atoms with Crippen LogP contribution < -0.4 is 0 Å². The summed E-state index contributed by atoms with van der Waals surface area (Å²) in [5.41, 5.74) is 0. The Balaban J connectivity index is 4.23. The molecule has 0 spiro atoms. The molecule has 0 saturated carbocycles. The van der Waals surface area contributed by atoms with E-state index in [1.165, 1.54) is 212 Å². The van der Waals surface area contributed by atoms with Crippen LogP contribution in [0, 0.1) is 0 Å². The maximum Gasteiger partial charge on any atom is 0.306 e. The molecule has 81 heavy (non-hydrogen) atoms. The number of rotatable bonds is 64. The maximum atomic E-state index is 12.9. The van der Waals surface area contributed by atoms with Crippen LogP contribution in [0.2, 0.25) is 0 Å². The van der Waals surface area contributed by atoms with Crippen LogP contribution in [0.15, 0.2) is 85.1 Å². The Bertz CT molecular complexity index is 1530. The van der Waals surface area contributed by atoms with Gasteiger partial charge in [-0.2, -0.15) is 0 Å². The number of ether oxygens (including phenoxy) is 3. The normalized spacial score (nSPS) is 12.6. The first-order valence-electron chi connectivity index (χ1n) is 35.1. The van der Waals surface area contributed by atoms with E-state index in [2.05, 4.69) is 106 Å². The van der Waals surface area contributed by atoms with Gasteiger partial charge in [-0.15, -0.1) is 0 Å². The van der Waals surface area contributed by atoms with E-state index in [4.69, 9.17) is 14.2 Å². The van der Waals surface area contributed by atoms with Crippen LogP contribution in [-0.2, 0) is 28.6 Å². The molecule has 0 saturated heterocycles. The Labute approximate surface area is 503 Å². The monoisotopic (exact) mass is 1130 g/mol. The highest BCUT2D eigenvalue weighted by Gasteiger charge is 2.19. The third-order valence-corrected chi connectivity index (χ3v) is 15.4. The molecule has 0 fully saturated rings. The van der Waals surface area contributed by atoms with E-state index in [0.717, 1.165) is 103 Å². The lowest BCUT2D eigenvalue weighted by Gasteiger charge is -2.18. The Morgan fingerprint density at radius 2 is 0.481 bits per heavy atom. The van der Waals surface area contributed by atoms with Gasteiger partial charge in [-0.1, -0.05) is 324 Å². The summed E-state index contributed by atoms with van der Waals surface area (Å²) in [6.07, 6.45) is 91.8. The van der Waals surface area contributed by atoms with Crippen molar-refractivity contribution in [2.75, 3.05) is 13.2 Å². The van der Waals surface area contributed by atoms with Crippen molar-refractivity contribution >= 4 is 17.9 Å². The topological polar surface area (TPSA) is 78.9 Å². The average Bonchev–Trinajstić information content (AvgIpc) is 3.47. The molecule has 1 atom stereocenters. The van der Waals surface area contributed by atoms with Gasteiger partial charge in [-0.3, -0.25) is 14.4 Å². The second-order valence-electron chi connectivity index (χ2n) is 23.4. The van der Waals surface area contributed by atoms with E-state index >= 15 is 0 Å². The molecule has 0 aromatic carbocycles. The Kier molecular flexibility index (Phi) is 66.2. The van der Waals surface area contributed by atoms with E-state index < -0.39 is 6.10 Å². The molecule has 0 aliphatic carbocycles. The first-order chi connectivity index (χ1) is 40.0. The van der Waals surface area contributed by atoms with Crippen molar-refractivity contribution in [1.82, 2.24) is 0 Å². The summed E-state index contributed by atoms with van der Waals surface area (Å²) in [5, 5.41) is 0. The fourth-order valence-electron chi connectivity index (χ4n) is 10.2. The molecule has 6 heteroatoms. The van der Waals surface area contributed by atoms with E-state index in [1.54, 1.807) is 0 Å². The third-order valence-electron chi connectivity index (χ3n) is 15.4. The van der Waals surface area contributed by atoms with Crippen LogP contribution in [-0.4, -0.2) is 37.2 Å². The lowest BCUT2D eigenvalue weighted by Crippen LogP contribution is -2.30. The minimum atomic E-state index is -0.779. The standard InChI is InChI=1S/C75H132O6/c1-4-7-10-13-16-19-22-24-26-28-30-32-34-36-37-39-40-42-44-46-48-50-53-56-59-62-65-68-74(77)80-71-72(70-79-73(76)67-64-61-58-55-52-21-18-15-12-9-6-3)81-75(78)69-66-63-60-57-54-51-49-47-45-43-41-38-35-33-31-29-27-25-23-20-17-14-11-8-5-2/h8,11,17,20,22,24-25,27-28,30-31,33,38,41,72H,4-7,9-10,12-16,18-19,21,23,26,29,32,34-37,39-40,42-71H2,1-3H3/b11-8-,20-17-,24-22-,27-25-,30-28-,33-31-,41-38-. The van der Waals surface area contributed by atoms with Gasteiger partial charge in [0.2, 0.25) is 0 Å². The number of carbonyl (C=O) groups is 3. The summed E-state index contributed by atoms with van der Waals surface area (Å²) < 4.78 is 17.0. The summed E-state index contributed by atoms with van der Waals surface area (Å²) in [6, 6.07) is 0. The Morgan fingerprint density at radius 1 is 0.259 bits per heavy atom. The molecular weight excluding hydrogens is 997 g/mol. The van der Waals surface area contributed by atoms with Crippen molar-refractivity contribution < 1.29 is 28.6 Å². The van der Waals surface area contributed by atoms with Crippen molar-refractivity contribution in [2.45, 2.75) is 361 Å². The van der Waals surface area contributed by atoms with Crippen LogP contribution in [0.5, 0.6) is 0 Å². The third kappa shape index (κ3) is 67.3. The molecule has 0 N–H and O–H groups in total. The highest BCUT2D eigenvalue weighted by molar-refractivity contribution is 5.71. The van der Waals surface area contributed by atoms with Gasteiger partial charge in [0.25, 0.3) is 0 Å². The lowest BCUT2D eigenvalue weighted by molar-refractivity contribution is -0.167. The number of allylic oxidation sites excluding steroid dienone is 14. The minimum Gasteiger partial charge on any atom is -0.462 e. The first-order valence-corrected chi connectivity index (χ1v) is 35.1. The molecule has 0 aromatic heterocycles. The maximum absolute atomic E-state index is 12.9. The van der Waals surface area contributed by atoms with Crippen molar-refractivity contribution in [3.63, 3.8) is 0 Å². The summed E-state index contributed by atoms with van der Waals surface area (Å²) in [6.45, 7) is 6.55. The van der Waals surface area contributed by atoms with E-state index in [-0.39, 0.29) is 31.1 Å². The van der Waals surface area contributed by atoms with Gasteiger partial charge in [-0.05, 0) is 96.3 Å². The van der Waals surface area contributed by atoms with Crippen molar-refractivity contribution in [1.29, 1.82) is 0 Å². The number of carbonyl (C=O) groups excluding carboxylic acids is 3. The van der Waals surface area contributed by atoms with Crippen molar-refractivity contribution in [3.05, 3.63) is 85.1 Å². The molecule has 0 aliphatic rings. The number of hydrogen-bond donors (Lipinski definition) is 0. The van der Waals surface area contributed by atoms with Gasteiger partial charge >= 0.3 is 17.9 Å². The SMILES string of the molecule is CC/C=C\C/C=C\C/C=C\C/C=C\C/C=C\CCCCCCCCCCCC(=O)OC(COC(=O)CCCCCCCCCCCCC)COC(=O)CCCCCCCCCCCCCCCCC/C=C\C/C=C\CCCCCCC. The first kappa shape index (κ1) is 77.6. The number of esters is 3. The van der Waals surface area contributed by atoms with Crippen LogP contribution in [0.3, 0.4) is 0 Å². The van der Waals surface area contributed by atoms with Crippen LogP contribution in [0.1, 0.15) is 355 Å². The quantitative estimate of drug-likeness (QED) is 0.0261. The van der Waals surface area contributed by atoms with Gasteiger partial charge in [0.05, 0.1) is 0 Å². The largest absolute Gasteiger partial charge is 0.462 e. The fraction of sp³-hybridized carbons (Fsp3) is 0.773. The second kappa shape index (κ2) is 69.1. The second-order valence-corrected chi connectivity index (χ2v) is 23.4. The van der Waals surface area contributed by atoms with Gasteiger partial charge in [0.15, 0.2) is 6.10 Å². The summed E-state index contributed by atoms with van der Waals surface area (Å²) in [4.78, 5) is 38.4. The van der Waals surface area contributed by atoms with E-state index in [1.807, 2.05) is 0 Å². The summed E-state index contributed by atoms with van der Waals surface area (Å²) in [5.74, 6) is -0.864. The zero-order chi connectivity index (χ0) is 58.5. The lowest BCUT2D eigenvalue weighted by atomic mass is 10.0. The van der Waals surface area contributed by atoms with Gasteiger partial charge in [0.1, 0.15) is 13.2 Å². The predicted molar refractivity (Wildman–Crippen MR) is 353 cm³/mol. The Morgan fingerprint density at radius 3 is 0.753 bits per heavy atom. The highest BCUT2D eigenvalue weighted by Crippen LogP contribution is 2.17. The molecule has 468 valence electrons. The van der Waals surface area contributed by atoms with Gasteiger partial charge in [-0.25, -0.2) is 0 Å². The molecular formula is C75H132O6. The number of hydrogen-bond acceptors (Lipinski definition) is 6. The van der Waals surface area contributed by atoms with E-state index in [0.29, 0.717) is 19.3 Å². The minimum absolute atomic E-state index is 0.0749. The summed E-state index contributed by atoms with van der Waals surface area (Å²) in [7, 11) is 0. The molecule has 0 aromatic rings. The molecule has 0 rings (SSSR count). The van der Waals surface area contributed by atoms with Crippen molar-refractivity contribution in [2.24, 2.45) is 0 Å². The smallest absolute Gasteiger partial charge is 0.306 e. The zero-order valence-corrected chi connectivity index (χ0v) is 53.8. The fourth-order valence-corrected chi connectivity index (χ4v) is 10.2. The van der Waals surface area contributed by atoms with Crippen LogP contribution in [0.25, 0.3) is 0 Å².